The molecule has 11 heteroatoms. The van der Waals surface area contributed by atoms with Crippen molar-refractivity contribution in [3.63, 3.8) is 0 Å². The van der Waals surface area contributed by atoms with Crippen LogP contribution in [0.4, 0.5) is 10.5 Å². The highest BCUT2D eigenvalue weighted by Gasteiger charge is 2.31. The third kappa shape index (κ3) is 10.8. The van der Waals surface area contributed by atoms with Crippen LogP contribution in [0.25, 0.3) is 0 Å². The van der Waals surface area contributed by atoms with Gasteiger partial charge >= 0.3 is 6.09 Å². The summed E-state index contributed by atoms with van der Waals surface area (Å²) in [7, 11) is 1.53. The summed E-state index contributed by atoms with van der Waals surface area (Å²) >= 11 is 0. The summed E-state index contributed by atoms with van der Waals surface area (Å²) < 4.78 is 5.41. The van der Waals surface area contributed by atoms with Crippen molar-refractivity contribution in [1.82, 2.24) is 15.5 Å². The van der Waals surface area contributed by atoms with Crippen LogP contribution in [0.2, 0.25) is 0 Å². The van der Waals surface area contributed by atoms with Crippen LogP contribution in [-0.4, -0.2) is 59.8 Å². The number of nitrogens with one attached hydrogen (secondary N) is 3. The zero-order valence-electron chi connectivity index (χ0n) is 23.5. The smallest absolute Gasteiger partial charge is 0.410 e. The van der Waals surface area contributed by atoms with Crippen LogP contribution >= 0.6 is 0 Å². The fraction of sp³-hybridized carbons (Fsp3) is 0.593. The first-order valence-electron chi connectivity index (χ1n) is 12.9. The molecule has 3 atom stereocenters. The van der Waals surface area contributed by atoms with Crippen molar-refractivity contribution in [3.8, 4) is 0 Å². The molecule has 1 aromatic rings. The van der Waals surface area contributed by atoms with Crippen LogP contribution < -0.4 is 21.7 Å². The maximum atomic E-state index is 12.8. The Kier molecular flexibility index (Phi) is 13.3. The lowest BCUT2D eigenvalue weighted by Crippen LogP contribution is -2.53. The molecule has 2 unspecified atom stereocenters. The minimum absolute atomic E-state index is 0.0362. The quantitative estimate of drug-likeness (QED) is 0.287. The van der Waals surface area contributed by atoms with E-state index in [1.807, 2.05) is 41.5 Å². The normalized spacial score (nSPS) is 13.3. The minimum atomic E-state index is -1.09. The Morgan fingerprint density at radius 2 is 1.53 bits per heavy atom. The standard InChI is InChI=1S/C27H43N5O6/c1-8-9-23(34)31-21(14-22(28)33)25(35)30-20-12-10-19(11-13-20)15-38-27(37)32(7)24(17(4)5)26(36)29-18(6)16(2)3/h10-13,16-18,21,24H,8-9,14-15H2,1-7H3,(H2,28,33)(H,29,36)(H,30,35)(H,31,34)/t18?,21-,24?/m1/s1. The van der Waals surface area contributed by atoms with E-state index in [0.717, 1.165) is 0 Å². The molecule has 0 radical (unpaired) electrons. The lowest BCUT2D eigenvalue weighted by molar-refractivity contribution is -0.128. The molecule has 0 aliphatic carbocycles. The SMILES string of the molecule is CCCC(=O)N[C@H](CC(N)=O)C(=O)Nc1ccc(COC(=O)N(C)C(C(=O)NC(C)C(C)C)C(C)C)cc1. The number of carbonyl (C=O) groups excluding carboxylic acids is 5. The largest absolute Gasteiger partial charge is 0.445 e. The van der Waals surface area contributed by atoms with Crippen molar-refractivity contribution < 1.29 is 28.7 Å². The number of benzene rings is 1. The van der Waals surface area contributed by atoms with Gasteiger partial charge in [0.05, 0.1) is 6.42 Å². The van der Waals surface area contributed by atoms with Gasteiger partial charge in [0.2, 0.25) is 23.6 Å². The van der Waals surface area contributed by atoms with Gasteiger partial charge in [0.1, 0.15) is 18.7 Å². The zero-order valence-corrected chi connectivity index (χ0v) is 23.5. The van der Waals surface area contributed by atoms with Gasteiger partial charge in [-0.25, -0.2) is 4.79 Å². The van der Waals surface area contributed by atoms with E-state index in [0.29, 0.717) is 17.7 Å². The van der Waals surface area contributed by atoms with Gasteiger partial charge in [-0.2, -0.15) is 0 Å². The molecule has 0 saturated carbocycles. The van der Waals surface area contributed by atoms with Gasteiger partial charge in [-0.15, -0.1) is 0 Å². The molecule has 0 aromatic heterocycles. The zero-order chi connectivity index (χ0) is 29.0. The minimum Gasteiger partial charge on any atom is -0.445 e. The van der Waals surface area contributed by atoms with E-state index < -0.39 is 30.0 Å². The van der Waals surface area contributed by atoms with Crippen molar-refractivity contribution in [1.29, 1.82) is 0 Å². The van der Waals surface area contributed by atoms with E-state index >= 15 is 0 Å². The van der Waals surface area contributed by atoms with Gasteiger partial charge in [-0.3, -0.25) is 24.1 Å². The fourth-order valence-corrected chi connectivity index (χ4v) is 3.58. The highest BCUT2D eigenvalue weighted by molar-refractivity contribution is 5.99. The second-order valence-corrected chi connectivity index (χ2v) is 10.1. The number of anilines is 1. The van der Waals surface area contributed by atoms with Gasteiger partial charge in [0.15, 0.2) is 0 Å². The number of nitrogens with two attached hydrogens (primary N) is 1. The van der Waals surface area contributed by atoms with E-state index in [-0.39, 0.29) is 49.1 Å². The van der Waals surface area contributed by atoms with E-state index in [1.165, 1.54) is 11.9 Å². The molecule has 0 aliphatic rings. The van der Waals surface area contributed by atoms with Crippen LogP contribution in [0.1, 0.15) is 66.4 Å². The molecule has 38 heavy (non-hydrogen) atoms. The number of ether oxygens (including phenoxy) is 1. The maximum Gasteiger partial charge on any atom is 0.410 e. The molecular formula is C27H43N5O6. The molecule has 212 valence electrons. The molecule has 0 heterocycles. The number of likely N-dealkylation sites (N-methyl/N-ethyl adjacent to an activating group) is 1. The molecule has 0 fully saturated rings. The summed E-state index contributed by atoms with van der Waals surface area (Å²) in [4.78, 5) is 62.6. The highest BCUT2D eigenvalue weighted by Crippen LogP contribution is 2.15. The van der Waals surface area contributed by atoms with Crippen LogP contribution in [-0.2, 0) is 30.5 Å². The van der Waals surface area contributed by atoms with E-state index in [1.54, 1.807) is 24.3 Å². The second kappa shape index (κ2) is 15.6. The first-order valence-corrected chi connectivity index (χ1v) is 12.9. The first-order chi connectivity index (χ1) is 17.8. The number of amides is 5. The van der Waals surface area contributed by atoms with E-state index in [9.17, 15) is 24.0 Å². The lowest BCUT2D eigenvalue weighted by Gasteiger charge is -2.31. The number of nitrogens with zero attached hydrogens (tertiary/aromatic N) is 1. The molecule has 0 saturated heterocycles. The number of primary amides is 1. The highest BCUT2D eigenvalue weighted by atomic mass is 16.6. The number of hydrogen-bond acceptors (Lipinski definition) is 6. The Morgan fingerprint density at radius 1 is 0.921 bits per heavy atom. The third-order valence-corrected chi connectivity index (χ3v) is 6.09. The van der Waals surface area contributed by atoms with Gasteiger partial charge in [-0.05, 0) is 42.9 Å². The maximum absolute atomic E-state index is 12.8. The Hall–Kier alpha value is -3.63. The topological polar surface area (TPSA) is 160 Å². The molecule has 5 amide bonds. The summed E-state index contributed by atoms with van der Waals surface area (Å²) in [5, 5.41) is 8.12. The summed E-state index contributed by atoms with van der Waals surface area (Å²) in [5.41, 5.74) is 6.31. The van der Waals surface area contributed by atoms with Gasteiger partial charge < -0.3 is 26.4 Å². The first kappa shape index (κ1) is 32.4. The molecular weight excluding hydrogens is 490 g/mol. The van der Waals surface area contributed by atoms with Crippen molar-refractivity contribution in [2.75, 3.05) is 12.4 Å². The average molecular weight is 534 g/mol. The van der Waals surface area contributed by atoms with Crippen molar-refractivity contribution >= 4 is 35.4 Å². The molecule has 0 spiro atoms. The van der Waals surface area contributed by atoms with Crippen molar-refractivity contribution in [2.45, 2.75) is 85.5 Å². The van der Waals surface area contributed by atoms with Crippen LogP contribution in [0.15, 0.2) is 24.3 Å². The van der Waals surface area contributed by atoms with Gasteiger partial charge in [-0.1, -0.05) is 46.8 Å². The van der Waals surface area contributed by atoms with Gasteiger partial charge in [0.25, 0.3) is 0 Å². The van der Waals surface area contributed by atoms with Crippen LogP contribution in [0, 0.1) is 11.8 Å². The monoisotopic (exact) mass is 533 g/mol. The molecule has 1 aromatic carbocycles. The molecule has 1 rings (SSSR count). The van der Waals surface area contributed by atoms with E-state index in [4.69, 9.17) is 10.5 Å². The van der Waals surface area contributed by atoms with Crippen LogP contribution in [0.3, 0.4) is 0 Å². The molecule has 11 nitrogen and oxygen atoms in total. The summed E-state index contributed by atoms with van der Waals surface area (Å²) in [6, 6.07) is 4.74. The predicted octanol–water partition coefficient (Wildman–Crippen LogP) is 2.54. The Balaban J connectivity index is 2.76. The van der Waals surface area contributed by atoms with Crippen molar-refractivity contribution in [3.05, 3.63) is 29.8 Å². The van der Waals surface area contributed by atoms with Crippen molar-refractivity contribution in [2.24, 2.45) is 17.6 Å². The molecule has 0 bridgehead atoms. The lowest BCUT2D eigenvalue weighted by atomic mass is 10.0. The van der Waals surface area contributed by atoms with E-state index in [2.05, 4.69) is 16.0 Å². The summed E-state index contributed by atoms with van der Waals surface area (Å²) in [5.74, 6) is -1.73. The Labute approximate surface area is 225 Å². The molecule has 0 aliphatic heterocycles. The van der Waals surface area contributed by atoms with Gasteiger partial charge in [0, 0.05) is 25.2 Å². The average Bonchev–Trinajstić information content (AvgIpc) is 2.82. The number of rotatable bonds is 14. The molecule has 5 N–H and O–H groups in total. The summed E-state index contributed by atoms with van der Waals surface area (Å²) in [6.07, 6.45) is -0.133. The predicted molar refractivity (Wildman–Crippen MR) is 145 cm³/mol. The Bertz CT molecular complexity index is 963. The second-order valence-electron chi connectivity index (χ2n) is 10.1. The number of hydrogen-bond donors (Lipinski definition) is 4. The fourth-order valence-electron chi connectivity index (χ4n) is 3.58. The van der Waals surface area contributed by atoms with Crippen LogP contribution in [0.5, 0.6) is 0 Å². The third-order valence-electron chi connectivity index (χ3n) is 6.09. The summed E-state index contributed by atoms with van der Waals surface area (Å²) in [6.45, 7) is 11.5. The Morgan fingerprint density at radius 3 is 2.03 bits per heavy atom. The number of carbonyl (C=O) groups is 5.